The smallest absolute Gasteiger partial charge is 0.243 e. The summed E-state index contributed by atoms with van der Waals surface area (Å²) in [7, 11) is -3.64. The fraction of sp³-hybridized carbons (Fsp3) is 0.529. The summed E-state index contributed by atoms with van der Waals surface area (Å²) in [4.78, 5) is 25.8. The van der Waals surface area contributed by atoms with Crippen LogP contribution in [0.4, 0.5) is 0 Å². The highest BCUT2D eigenvalue weighted by Gasteiger charge is 2.30. The molecule has 0 radical (unpaired) electrons. The van der Waals surface area contributed by atoms with Gasteiger partial charge in [0.2, 0.25) is 21.8 Å². The third-order valence-corrected chi connectivity index (χ3v) is 6.24. The number of rotatable bonds is 4. The molecule has 0 unspecified atom stereocenters. The molecule has 9 heteroatoms. The molecule has 1 N–H and O–H groups in total. The van der Waals surface area contributed by atoms with Gasteiger partial charge in [-0.25, -0.2) is 8.42 Å². The Labute approximate surface area is 159 Å². The molecule has 1 saturated heterocycles. The zero-order valence-electron chi connectivity index (χ0n) is 15.2. The molecule has 0 bridgehead atoms. The van der Waals surface area contributed by atoms with Crippen LogP contribution < -0.4 is 5.32 Å². The van der Waals surface area contributed by atoms with Crippen molar-refractivity contribution < 1.29 is 18.0 Å². The Morgan fingerprint density at radius 3 is 2.31 bits per heavy atom. The number of sulfonamides is 1. The largest absolute Gasteiger partial charge is 0.347 e. The predicted octanol–water partition coefficient (Wildman–Crippen LogP) is 1.34. The highest BCUT2D eigenvalue weighted by Crippen LogP contribution is 2.21. The van der Waals surface area contributed by atoms with E-state index >= 15 is 0 Å². The second kappa shape index (κ2) is 7.94. The van der Waals surface area contributed by atoms with Gasteiger partial charge in [0.25, 0.3) is 0 Å². The van der Waals surface area contributed by atoms with Gasteiger partial charge in [-0.1, -0.05) is 38.4 Å². The van der Waals surface area contributed by atoms with Crippen LogP contribution in [0, 0.1) is 5.41 Å². The number of carbonyl (C=O) groups excluding carboxylic acids is 2. The third-order valence-electron chi connectivity index (χ3n) is 4.11. The lowest BCUT2D eigenvalue weighted by molar-refractivity contribution is -0.135. The Bertz CT molecular complexity index is 781. The molecule has 1 aliphatic rings. The third kappa shape index (κ3) is 4.96. The number of nitrogens with one attached hydrogen (secondary N) is 1. The van der Waals surface area contributed by atoms with Gasteiger partial charge in [-0.15, -0.1) is 0 Å². The number of benzene rings is 1. The molecule has 0 spiro atoms. The predicted molar refractivity (Wildman–Crippen MR) is 99.3 cm³/mol. The topological polar surface area (TPSA) is 86.8 Å². The summed E-state index contributed by atoms with van der Waals surface area (Å²) in [5, 5.41) is 2.97. The fourth-order valence-electron chi connectivity index (χ4n) is 2.49. The van der Waals surface area contributed by atoms with E-state index in [1.165, 1.54) is 16.4 Å². The summed E-state index contributed by atoms with van der Waals surface area (Å²) in [5.41, 5.74) is -0.565. The Morgan fingerprint density at radius 2 is 1.77 bits per heavy atom. The van der Waals surface area contributed by atoms with Gasteiger partial charge in [-0.2, -0.15) is 4.31 Å². The van der Waals surface area contributed by atoms with Crippen LogP contribution in [-0.2, 0) is 19.6 Å². The molecule has 1 aliphatic heterocycles. The van der Waals surface area contributed by atoms with Gasteiger partial charge >= 0.3 is 0 Å². The maximum Gasteiger partial charge on any atom is 0.243 e. The molecule has 26 heavy (non-hydrogen) atoms. The first-order chi connectivity index (χ1) is 12.0. The number of hydrogen-bond donors (Lipinski definition) is 1. The molecule has 1 fully saturated rings. The summed E-state index contributed by atoms with van der Waals surface area (Å²) in [5.74, 6) is -0.421. The van der Waals surface area contributed by atoms with Gasteiger partial charge in [0, 0.05) is 36.6 Å². The average Bonchev–Trinajstić information content (AvgIpc) is 2.58. The number of halogens is 1. The normalized spacial score (nSPS) is 16.4. The first-order valence-electron chi connectivity index (χ1n) is 8.33. The van der Waals surface area contributed by atoms with Crippen molar-refractivity contribution in [1.82, 2.24) is 14.5 Å². The zero-order chi connectivity index (χ0) is 19.5. The monoisotopic (exact) mass is 401 g/mol. The van der Waals surface area contributed by atoms with Gasteiger partial charge in [0.05, 0.1) is 11.4 Å². The molecule has 144 valence electrons. The number of carbonyl (C=O) groups is 2. The molecule has 7 nitrogen and oxygen atoms in total. The lowest BCUT2D eigenvalue weighted by Gasteiger charge is -2.34. The van der Waals surface area contributed by atoms with Crippen molar-refractivity contribution in [2.24, 2.45) is 5.41 Å². The number of hydrogen-bond acceptors (Lipinski definition) is 4. The van der Waals surface area contributed by atoms with Gasteiger partial charge < -0.3 is 10.2 Å². The molecule has 2 amide bonds. The van der Waals surface area contributed by atoms with Crippen molar-refractivity contribution >= 4 is 33.4 Å². The number of piperazine rings is 1. The molecule has 2 rings (SSSR count). The molecular formula is C17H24ClN3O4S. The highest BCUT2D eigenvalue weighted by molar-refractivity contribution is 7.89. The minimum absolute atomic E-state index is 0.0862. The molecule has 1 heterocycles. The van der Waals surface area contributed by atoms with E-state index in [9.17, 15) is 18.0 Å². The van der Waals surface area contributed by atoms with Crippen LogP contribution in [0.15, 0.2) is 29.2 Å². The maximum absolute atomic E-state index is 12.6. The van der Waals surface area contributed by atoms with Crippen molar-refractivity contribution in [3.8, 4) is 0 Å². The first-order valence-corrected chi connectivity index (χ1v) is 10.2. The lowest BCUT2D eigenvalue weighted by atomic mass is 9.96. The molecule has 1 aromatic rings. The van der Waals surface area contributed by atoms with Crippen LogP contribution in [0.1, 0.15) is 20.8 Å². The van der Waals surface area contributed by atoms with Crippen LogP contribution in [0.25, 0.3) is 0 Å². The van der Waals surface area contributed by atoms with Crippen molar-refractivity contribution in [3.05, 3.63) is 29.3 Å². The summed E-state index contributed by atoms with van der Waals surface area (Å²) >= 11 is 5.88. The summed E-state index contributed by atoms with van der Waals surface area (Å²) in [6.45, 7) is 6.19. The van der Waals surface area contributed by atoms with E-state index in [0.29, 0.717) is 5.02 Å². The van der Waals surface area contributed by atoms with E-state index in [4.69, 9.17) is 11.6 Å². The van der Waals surface area contributed by atoms with Gasteiger partial charge in [-0.05, 0) is 18.2 Å². The summed E-state index contributed by atoms with van der Waals surface area (Å²) < 4.78 is 26.6. The van der Waals surface area contributed by atoms with Crippen LogP contribution in [0.5, 0.6) is 0 Å². The SMILES string of the molecule is CC(C)(C)C(=O)NCC(=O)N1CCN(S(=O)(=O)c2cccc(Cl)c2)CC1. The molecule has 0 aliphatic carbocycles. The summed E-state index contributed by atoms with van der Waals surface area (Å²) in [6, 6.07) is 6.12. The van der Waals surface area contributed by atoms with Crippen LogP contribution >= 0.6 is 11.6 Å². The van der Waals surface area contributed by atoms with Gasteiger partial charge in [-0.3, -0.25) is 9.59 Å². The van der Waals surface area contributed by atoms with E-state index in [1.54, 1.807) is 37.8 Å². The van der Waals surface area contributed by atoms with Crippen molar-refractivity contribution in [2.45, 2.75) is 25.7 Å². The summed E-state index contributed by atoms with van der Waals surface area (Å²) in [6.07, 6.45) is 0. The van der Waals surface area contributed by atoms with Gasteiger partial charge in [0.15, 0.2) is 0 Å². The van der Waals surface area contributed by atoms with Gasteiger partial charge in [0.1, 0.15) is 0 Å². The second-order valence-corrected chi connectivity index (χ2v) is 9.55. The number of nitrogens with zero attached hydrogens (tertiary/aromatic N) is 2. The van der Waals surface area contributed by atoms with E-state index in [-0.39, 0.29) is 49.4 Å². The quantitative estimate of drug-likeness (QED) is 0.824. The maximum atomic E-state index is 12.6. The highest BCUT2D eigenvalue weighted by atomic mass is 35.5. The molecule has 0 aromatic heterocycles. The Hall–Kier alpha value is -1.64. The number of amides is 2. The van der Waals surface area contributed by atoms with E-state index in [2.05, 4.69) is 5.32 Å². The standard InChI is InChI=1S/C17H24ClN3O4S/c1-17(2,3)16(23)19-12-15(22)20-7-9-21(10-8-20)26(24,25)14-6-4-5-13(18)11-14/h4-6,11H,7-10,12H2,1-3H3,(H,19,23). The van der Waals surface area contributed by atoms with E-state index in [1.807, 2.05) is 0 Å². The Balaban J connectivity index is 1.92. The molecule has 0 saturated carbocycles. The van der Waals surface area contributed by atoms with Crippen molar-refractivity contribution in [2.75, 3.05) is 32.7 Å². The fourth-order valence-corrected chi connectivity index (χ4v) is 4.21. The lowest BCUT2D eigenvalue weighted by Crippen LogP contribution is -2.53. The zero-order valence-corrected chi connectivity index (χ0v) is 16.7. The van der Waals surface area contributed by atoms with Crippen molar-refractivity contribution in [3.63, 3.8) is 0 Å². The molecule has 1 aromatic carbocycles. The molecular weight excluding hydrogens is 378 g/mol. The second-order valence-electron chi connectivity index (χ2n) is 7.17. The first kappa shape index (κ1) is 20.7. The average molecular weight is 402 g/mol. The van der Waals surface area contributed by atoms with Crippen LogP contribution in [0.2, 0.25) is 5.02 Å². The van der Waals surface area contributed by atoms with Crippen LogP contribution in [-0.4, -0.2) is 62.2 Å². The van der Waals surface area contributed by atoms with E-state index in [0.717, 1.165) is 0 Å². The Kier molecular flexibility index (Phi) is 6.31. The Morgan fingerprint density at radius 1 is 1.15 bits per heavy atom. The molecule has 0 atom stereocenters. The van der Waals surface area contributed by atoms with E-state index < -0.39 is 15.4 Å². The van der Waals surface area contributed by atoms with Crippen LogP contribution in [0.3, 0.4) is 0 Å². The minimum Gasteiger partial charge on any atom is -0.347 e. The minimum atomic E-state index is -3.64. The van der Waals surface area contributed by atoms with Crippen molar-refractivity contribution in [1.29, 1.82) is 0 Å².